The highest BCUT2D eigenvalue weighted by Crippen LogP contribution is 2.28. The number of rotatable bonds is 3. The van der Waals surface area contributed by atoms with E-state index in [1.807, 2.05) is 6.07 Å². The van der Waals surface area contributed by atoms with Gasteiger partial charge in [-0.05, 0) is 37.1 Å². The maximum Gasteiger partial charge on any atom is 0.221 e. The van der Waals surface area contributed by atoms with Gasteiger partial charge in [-0.2, -0.15) is 0 Å². The molecular formula is C14H18N2O2. The lowest BCUT2D eigenvalue weighted by Crippen LogP contribution is -2.20. The van der Waals surface area contributed by atoms with Crippen LogP contribution in [0.2, 0.25) is 0 Å². The fraction of sp³-hybridized carbons (Fsp3) is 0.500. The van der Waals surface area contributed by atoms with Gasteiger partial charge in [0.1, 0.15) is 6.10 Å². The van der Waals surface area contributed by atoms with Crippen LogP contribution in [0.5, 0.6) is 5.88 Å². The van der Waals surface area contributed by atoms with E-state index in [1.165, 1.54) is 5.57 Å². The molecule has 3 heterocycles. The quantitative estimate of drug-likeness (QED) is 0.880. The number of nitrogens with one attached hydrogen (secondary N) is 1. The minimum Gasteiger partial charge on any atom is -0.473 e. The topological polar surface area (TPSA) is 43.4 Å². The number of ether oxygens (including phenoxy) is 2. The summed E-state index contributed by atoms with van der Waals surface area (Å²) >= 11 is 0. The summed E-state index contributed by atoms with van der Waals surface area (Å²) < 4.78 is 11.4. The monoisotopic (exact) mass is 246 g/mol. The zero-order valence-electron chi connectivity index (χ0n) is 10.4. The van der Waals surface area contributed by atoms with Gasteiger partial charge in [-0.1, -0.05) is 6.08 Å². The molecule has 0 saturated carbocycles. The summed E-state index contributed by atoms with van der Waals surface area (Å²) in [5, 5.41) is 3.30. The van der Waals surface area contributed by atoms with Crippen molar-refractivity contribution in [3.05, 3.63) is 30.0 Å². The molecule has 0 spiro atoms. The molecule has 4 heteroatoms. The van der Waals surface area contributed by atoms with Gasteiger partial charge in [-0.25, -0.2) is 4.98 Å². The highest BCUT2D eigenvalue weighted by Gasteiger charge is 2.19. The Balaban J connectivity index is 1.82. The zero-order chi connectivity index (χ0) is 12.2. The van der Waals surface area contributed by atoms with Crippen LogP contribution in [-0.4, -0.2) is 37.4 Å². The SMILES string of the molecule is C1=C(c2cccnc2O[C@@H]2CCNC2)CCOC1. The summed E-state index contributed by atoms with van der Waals surface area (Å²) in [7, 11) is 0. The summed E-state index contributed by atoms with van der Waals surface area (Å²) in [6, 6.07) is 4.05. The van der Waals surface area contributed by atoms with E-state index in [9.17, 15) is 0 Å². The molecular weight excluding hydrogens is 228 g/mol. The molecule has 1 atom stereocenters. The Kier molecular flexibility index (Phi) is 3.57. The van der Waals surface area contributed by atoms with E-state index in [-0.39, 0.29) is 6.10 Å². The van der Waals surface area contributed by atoms with Crippen molar-refractivity contribution in [2.75, 3.05) is 26.3 Å². The first-order valence-electron chi connectivity index (χ1n) is 6.53. The standard InChI is InChI=1S/C14H18N2O2/c1-2-13(11-4-8-17-9-5-11)14(16-6-1)18-12-3-7-15-10-12/h1-2,4,6,12,15H,3,5,7-10H2/t12-/m1/s1. The van der Waals surface area contributed by atoms with Crippen molar-refractivity contribution in [2.45, 2.75) is 18.9 Å². The van der Waals surface area contributed by atoms with Crippen LogP contribution in [0.15, 0.2) is 24.4 Å². The Morgan fingerprint density at radius 3 is 3.22 bits per heavy atom. The average molecular weight is 246 g/mol. The van der Waals surface area contributed by atoms with E-state index in [4.69, 9.17) is 9.47 Å². The first-order chi connectivity index (χ1) is 8.93. The molecule has 2 aliphatic heterocycles. The lowest BCUT2D eigenvalue weighted by atomic mass is 10.0. The summed E-state index contributed by atoms with van der Waals surface area (Å²) in [5.41, 5.74) is 2.41. The van der Waals surface area contributed by atoms with Crippen LogP contribution in [0.3, 0.4) is 0 Å². The third kappa shape index (κ3) is 2.54. The Labute approximate surface area is 107 Å². The van der Waals surface area contributed by atoms with Gasteiger partial charge < -0.3 is 14.8 Å². The minimum absolute atomic E-state index is 0.249. The maximum absolute atomic E-state index is 6.00. The molecule has 96 valence electrons. The largest absolute Gasteiger partial charge is 0.473 e. The van der Waals surface area contributed by atoms with Crippen LogP contribution in [0, 0.1) is 0 Å². The number of hydrogen-bond donors (Lipinski definition) is 1. The zero-order valence-corrected chi connectivity index (χ0v) is 10.4. The van der Waals surface area contributed by atoms with Crippen LogP contribution >= 0.6 is 0 Å². The first kappa shape index (κ1) is 11.7. The van der Waals surface area contributed by atoms with E-state index in [0.717, 1.165) is 44.0 Å². The minimum atomic E-state index is 0.249. The van der Waals surface area contributed by atoms with Crippen molar-refractivity contribution in [3.63, 3.8) is 0 Å². The van der Waals surface area contributed by atoms with Crippen molar-refractivity contribution in [1.82, 2.24) is 10.3 Å². The fourth-order valence-electron chi connectivity index (χ4n) is 2.39. The molecule has 0 bridgehead atoms. The Bertz CT molecular complexity index is 439. The molecule has 2 aliphatic rings. The summed E-state index contributed by atoms with van der Waals surface area (Å²) in [4.78, 5) is 4.39. The van der Waals surface area contributed by atoms with E-state index >= 15 is 0 Å². The molecule has 1 N–H and O–H groups in total. The molecule has 4 nitrogen and oxygen atoms in total. The van der Waals surface area contributed by atoms with Crippen molar-refractivity contribution in [2.24, 2.45) is 0 Å². The van der Waals surface area contributed by atoms with Gasteiger partial charge in [0.15, 0.2) is 0 Å². The van der Waals surface area contributed by atoms with Crippen LogP contribution in [0.25, 0.3) is 5.57 Å². The Hall–Kier alpha value is -1.39. The molecule has 1 aromatic heterocycles. The molecule has 1 saturated heterocycles. The molecule has 1 aromatic rings. The second-order valence-corrected chi connectivity index (χ2v) is 4.64. The summed E-state index contributed by atoms with van der Waals surface area (Å²) in [6.45, 7) is 3.42. The average Bonchev–Trinajstić information content (AvgIpc) is 2.93. The second kappa shape index (κ2) is 5.50. The van der Waals surface area contributed by atoms with Gasteiger partial charge in [-0.15, -0.1) is 0 Å². The third-order valence-corrected chi connectivity index (χ3v) is 3.37. The fourth-order valence-corrected chi connectivity index (χ4v) is 2.39. The molecule has 3 rings (SSSR count). The Morgan fingerprint density at radius 2 is 2.44 bits per heavy atom. The van der Waals surface area contributed by atoms with Crippen LogP contribution in [0.4, 0.5) is 0 Å². The van der Waals surface area contributed by atoms with E-state index in [2.05, 4.69) is 22.4 Å². The molecule has 0 unspecified atom stereocenters. The van der Waals surface area contributed by atoms with Crippen molar-refractivity contribution >= 4 is 5.57 Å². The Morgan fingerprint density at radius 1 is 1.44 bits per heavy atom. The molecule has 1 fully saturated rings. The highest BCUT2D eigenvalue weighted by molar-refractivity contribution is 5.69. The molecule has 0 aromatic carbocycles. The smallest absolute Gasteiger partial charge is 0.221 e. The van der Waals surface area contributed by atoms with Gasteiger partial charge >= 0.3 is 0 Å². The van der Waals surface area contributed by atoms with Crippen LogP contribution < -0.4 is 10.1 Å². The van der Waals surface area contributed by atoms with Gasteiger partial charge in [0.25, 0.3) is 0 Å². The predicted octanol–water partition coefficient (Wildman–Crippen LogP) is 1.63. The van der Waals surface area contributed by atoms with Crippen LogP contribution in [-0.2, 0) is 4.74 Å². The summed E-state index contributed by atoms with van der Waals surface area (Å²) in [5.74, 6) is 0.763. The molecule has 18 heavy (non-hydrogen) atoms. The maximum atomic E-state index is 6.00. The van der Waals surface area contributed by atoms with Gasteiger partial charge in [-0.3, -0.25) is 0 Å². The van der Waals surface area contributed by atoms with Gasteiger partial charge in [0.2, 0.25) is 5.88 Å². The van der Waals surface area contributed by atoms with Crippen molar-refractivity contribution < 1.29 is 9.47 Å². The number of aromatic nitrogens is 1. The number of nitrogens with zero attached hydrogens (tertiary/aromatic N) is 1. The number of pyridine rings is 1. The summed E-state index contributed by atoms with van der Waals surface area (Å²) in [6.07, 6.45) is 6.16. The van der Waals surface area contributed by atoms with Gasteiger partial charge in [0.05, 0.1) is 13.2 Å². The number of hydrogen-bond acceptors (Lipinski definition) is 4. The van der Waals surface area contributed by atoms with Crippen LogP contribution in [0.1, 0.15) is 18.4 Å². The normalized spacial score (nSPS) is 23.8. The van der Waals surface area contributed by atoms with E-state index in [0.29, 0.717) is 6.61 Å². The lowest BCUT2D eigenvalue weighted by molar-refractivity contribution is 0.161. The molecule has 0 radical (unpaired) electrons. The lowest BCUT2D eigenvalue weighted by Gasteiger charge is -2.18. The van der Waals surface area contributed by atoms with Gasteiger partial charge in [0, 0.05) is 18.3 Å². The first-order valence-corrected chi connectivity index (χ1v) is 6.53. The molecule has 0 aliphatic carbocycles. The predicted molar refractivity (Wildman–Crippen MR) is 69.6 cm³/mol. The van der Waals surface area contributed by atoms with Crippen molar-refractivity contribution in [1.29, 1.82) is 0 Å². The molecule has 0 amide bonds. The van der Waals surface area contributed by atoms with E-state index in [1.54, 1.807) is 6.20 Å². The highest BCUT2D eigenvalue weighted by atomic mass is 16.5. The van der Waals surface area contributed by atoms with E-state index < -0.39 is 0 Å². The second-order valence-electron chi connectivity index (χ2n) is 4.64. The van der Waals surface area contributed by atoms with Crippen molar-refractivity contribution in [3.8, 4) is 5.88 Å². The third-order valence-electron chi connectivity index (χ3n) is 3.37.